The number of alkyl carbamates (subject to hydrolysis) is 1. The van der Waals surface area contributed by atoms with Crippen molar-refractivity contribution >= 4 is 17.3 Å². The summed E-state index contributed by atoms with van der Waals surface area (Å²) in [6.45, 7) is 6.23. The van der Waals surface area contributed by atoms with Crippen molar-refractivity contribution in [2.24, 2.45) is 0 Å². The van der Waals surface area contributed by atoms with Crippen LogP contribution in [0.1, 0.15) is 32.2 Å². The van der Waals surface area contributed by atoms with E-state index in [2.05, 4.69) is 20.3 Å². The number of hydrogen-bond donors (Lipinski definition) is 2. The van der Waals surface area contributed by atoms with Crippen molar-refractivity contribution in [2.75, 3.05) is 6.54 Å². The van der Waals surface area contributed by atoms with Crippen molar-refractivity contribution in [3.63, 3.8) is 0 Å². The Morgan fingerprint density at radius 1 is 1.26 bits per heavy atom. The van der Waals surface area contributed by atoms with Crippen molar-refractivity contribution in [1.82, 2.24) is 24.8 Å². The first-order valence-corrected chi connectivity index (χ1v) is 8.76. The Labute approximate surface area is 156 Å². The highest BCUT2D eigenvalue weighted by Crippen LogP contribution is 2.10. The molecule has 27 heavy (non-hydrogen) atoms. The largest absolute Gasteiger partial charge is 0.444 e. The Morgan fingerprint density at radius 2 is 2.00 bits per heavy atom. The van der Waals surface area contributed by atoms with Gasteiger partial charge in [0.15, 0.2) is 11.2 Å². The number of hydrogen-bond acceptors (Lipinski definition) is 5. The predicted octanol–water partition coefficient (Wildman–Crippen LogP) is 2.24. The molecule has 0 aliphatic carbocycles. The number of ether oxygens (including phenoxy) is 1. The molecule has 0 saturated heterocycles. The van der Waals surface area contributed by atoms with Gasteiger partial charge in [-0.25, -0.2) is 14.8 Å². The predicted molar refractivity (Wildman–Crippen MR) is 102 cm³/mol. The van der Waals surface area contributed by atoms with Crippen LogP contribution in [-0.4, -0.2) is 37.8 Å². The van der Waals surface area contributed by atoms with E-state index in [4.69, 9.17) is 4.74 Å². The molecule has 3 rings (SSSR count). The van der Waals surface area contributed by atoms with Gasteiger partial charge in [-0.2, -0.15) is 0 Å². The van der Waals surface area contributed by atoms with Gasteiger partial charge in [0.05, 0.1) is 6.33 Å². The molecule has 1 aromatic carbocycles. The van der Waals surface area contributed by atoms with Crippen LogP contribution in [0.3, 0.4) is 0 Å². The maximum atomic E-state index is 12.5. The standard InChI is InChI=1S/C19H23N5O3/c1-19(2,3)27-18(26)20-10-9-14-22-16-15(17(25)23-14)24(12-21-16)11-13-7-5-4-6-8-13/h4-8,12H,9-11H2,1-3H3,(H,20,26)(H,22,23,25). The summed E-state index contributed by atoms with van der Waals surface area (Å²) in [4.78, 5) is 35.6. The second-order valence-electron chi connectivity index (χ2n) is 7.22. The smallest absolute Gasteiger partial charge is 0.407 e. The Balaban J connectivity index is 1.69. The van der Waals surface area contributed by atoms with Crippen LogP contribution in [-0.2, 0) is 17.7 Å². The summed E-state index contributed by atoms with van der Waals surface area (Å²) in [6.07, 6.45) is 1.48. The van der Waals surface area contributed by atoms with Crippen LogP contribution in [0, 0.1) is 0 Å². The SMILES string of the molecule is CC(C)(C)OC(=O)NCCc1nc2ncn(Cc3ccccc3)c2c(=O)[nH]1. The third-order valence-corrected chi connectivity index (χ3v) is 3.76. The maximum Gasteiger partial charge on any atom is 0.407 e. The molecule has 1 amide bonds. The first-order valence-electron chi connectivity index (χ1n) is 8.76. The van der Waals surface area contributed by atoms with Gasteiger partial charge < -0.3 is 19.6 Å². The van der Waals surface area contributed by atoms with Crippen molar-refractivity contribution in [3.05, 3.63) is 58.4 Å². The van der Waals surface area contributed by atoms with E-state index in [9.17, 15) is 9.59 Å². The summed E-state index contributed by atoms with van der Waals surface area (Å²) in [7, 11) is 0. The lowest BCUT2D eigenvalue weighted by Gasteiger charge is -2.19. The zero-order valence-electron chi connectivity index (χ0n) is 15.7. The number of carbonyl (C=O) groups is 1. The van der Waals surface area contributed by atoms with Crippen LogP contribution in [0.2, 0.25) is 0 Å². The minimum atomic E-state index is -0.554. The summed E-state index contributed by atoms with van der Waals surface area (Å²) >= 11 is 0. The molecular weight excluding hydrogens is 346 g/mol. The van der Waals surface area contributed by atoms with Gasteiger partial charge in [0.2, 0.25) is 0 Å². The van der Waals surface area contributed by atoms with Crippen LogP contribution in [0.4, 0.5) is 4.79 Å². The van der Waals surface area contributed by atoms with Gasteiger partial charge in [0.25, 0.3) is 5.56 Å². The zero-order chi connectivity index (χ0) is 19.4. The third-order valence-electron chi connectivity index (χ3n) is 3.76. The molecule has 0 aliphatic rings. The average Bonchev–Trinajstić information content (AvgIpc) is 2.97. The van der Waals surface area contributed by atoms with Gasteiger partial charge in [0.1, 0.15) is 11.4 Å². The van der Waals surface area contributed by atoms with Gasteiger partial charge in [0, 0.05) is 19.5 Å². The molecule has 0 radical (unpaired) electrons. The first-order chi connectivity index (χ1) is 12.8. The number of carbonyl (C=O) groups excluding carboxylic acids is 1. The quantitative estimate of drug-likeness (QED) is 0.718. The van der Waals surface area contributed by atoms with Gasteiger partial charge in [-0.05, 0) is 26.3 Å². The molecule has 2 N–H and O–H groups in total. The topological polar surface area (TPSA) is 102 Å². The van der Waals surface area contributed by atoms with Crippen LogP contribution in [0.25, 0.3) is 11.2 Å². The first kappa shape index (κ1) is 18.6. The maximum absolute atomic E-state index is 12.5. The molecule has 0 atom stereocenters. The Morgan fingerprint density at radius 3 is 2.70 bits per heavy atom. The second-order valence-corrected chi connectivity index (χ2v) is 7.22. The number of benzene rings is 1. The normalized spacial score (nSPS) is 11.5. The highest BCUT2D eigenvalue weighted by molar-refractivity contribution is 5.69. The monoisotopic (exact) mass is 369 g/mol. The lowest BCUT2D eigenvalue weighted by atomic mass is 10.2. The third kappa shape index (κ3) is 4.93. The lowest BCUT2D eigenvalue weighted by molar-refractivity contribution is 0.0528. The summed E-state index contributed by atoms with van der Waals surface area (Å²) in [6, 6.07) is 9.83. The molecule has 0 fully saturated rings. The molecule has 2 heterocycles. The van der Waals surface area contributed by atoms with Crippen molar-refractivity contribution < 1.29 is 9.53 Å². The Kier molecular flexibility index (Phi) is 5.25. The Hall–Kier alpha value is -3.16. The molecule has 0 bridgehead atoms. The number of H-pyrrole nitrogens is 1. The van der Waals surface area contributed by atoms with E-state index < -0.39 is 11.7 Å². The number of imidazole rings is 1. The fourth-order valence-corrected chi connectivity index (χ4v) is 2.65. The number of fused-ring (bicyclic) bond motifs is 1. The average molecular weight is 369 g/mol. The number of amides is 1. The van der Waals surface area contributed by atoms with E-state index in [0.29, 0.717) is 36.5 Å². The molecule has 0 saturated carbocycles. The van der Waals surface area contributed by atoms with Crippen LogP contribution >= 0.6 is 0 Å². The van der Waals surface area contributed by atoms with E-state index in [0.717, 1.165) is 5.56 Å². The van der Waals surface area contributed by atoms with E-state index in [1.807, 2.05) is 30.3 Å². The highest BCUT2D eigenvalue weighted by Gasteiger charge is 2.16. The number of aromatic nitrogens is 4. The van der Waals surface area contributed by atoms with Gasteiger partial charge >= 0.3 is 6.09 Å². The van der Waals surface area contributed by atoms with Gasteiger partial charge in [-0.15, -0.1) is 0 Å². The molecular formula is C19H23N5O3. The Bertz CT molecular complexity index is 986. The fourth-order valence-electron chi connectivity index (χ4n) is 2.65. The zero-order valence-corrected chi connectivity index (χ0v) is 15.7. The van der Waals surface area contributed by atoms with E-state index in [-0.39, 0.29) is 5.56 Å². The highest BCUT2D eigenvalue weighted by atomic mass is 16.6. The van der Waals surface area contributed by atoms with Crippen molar-refractivity contribution in [2.45, 2.75) is 39.3 Å². The molecule has 3 aromatic rings. The minimum absolute atomic E-state index is 0.249. The van der Waals surface area contributed by atoms with E-state index in [1.54, 1.807) is 31.7 Å². The second kappa shape index (κ2) is 7.61. The van der Waals surface area contributed by atoms with E-state index in [1.165, 1.54) is 0 Å². The summed E-state index contributed by atoms with van der Waals surface area (Å²) in [5.74, 6) is 0.466. The molecule has 8 nitrogen and oxygen atoms in total. The molecule has 8 heteroatoms. The van der Waals surface area contributed by atoms with Crippen LogP contribution in [0.5, 0.6) is 0 Å². The fraction of sp³-hybridized carbons (Fsp3) is 0.368. The number of nitrogens with one attached hydrogen (secondary N) is 2. The van der Waals surface area contributed by atoms with Crippen molar-refractivity contribution in [3.8, 4) is 0 Å². The van der Waals surface area contributed by atoms with Gasteiger partial charge in [-0.3, -0.25) is 4.79 Å². The van der Waals surface area contributed by atoms with Gasteiger partial charge in [-0.1, -0.05) is 30.3 Å². The molecule has 0 aliphatic heterocycles. The number of aromatic amines is 1. The lowest BCUT2D eigenvalue weighted by Crippen LogP contribution is -2.33. The van der Waals surface area contributed by atoms with Crippen LogP contribution in [0.15, 0.2) is 41.5 Å². The summed E-state index contributed by atoms with van der Waals surface area (Å²) < 4.78 is 6.95. The van der Waals surface area contributed by atoms with Crippen LogP contribution < -0.4 is 10.9 Å². The minimum Gasteiger partial charge on any atom is -0.444 e. The van der Waals surface area contributed by atoms with Crippen molar-refractivity contribution in [1.29, 1.82) is 0 Å². The molecule has 0 spiro atoms. The number of rotatable bonds is 5. The van der Waals surface area contributed by atoms with E-state index >= 15 is 0 Å². The molecule has 142 valence electrons. The molecule has 0 unspecified atom stereocenters. The number of nitrogens with zero attached hydrogens (tertiary/aromatic N) is 3. The molecule has 2 aromatic heterocycles. The summed E-state index contributed by atoms with van der Waals surface area (Å²) in [5.41, 5.74) is 1.09. The summed E-state index contributed by atoms with van der Waals surface area (Å²) in [5, 5.41) is 2.64.